The Bertz CT molecular complexity index is 575. The van der Waals surface area contributed by atoms with Gasteiger partial charge in [0.15, 0.2) is 0 Å². The summed E-state index contributed by atoms with van der Waals surface area (Å²) >= 11 is 0. The monoisotopic (exact) mass is 342 g/mol. The molecule has 0 heterocycles. The lowest BCUT2D eigenvalue weighted by molar-refractivity contribution is 0.0919. The molecule has 23 heavy (non-hydrogen) atoms. The maximum Gasteiger partial charge on any atom is 0.251 e. The first-order valence-electron chi connectivity index (χ1n) is 7.37. The highest BCUT2D eigenvalue weighted by atomic mass is 35.5. The minimum Gasteiger partial charge on any atom is -0.489 e. The predicted molar refractivity (Wildman–Crippen MR) is 91.7 cm³/mol. The van der Waals surface area contributed by atoms with E-state index in [9.17, 15) is 9.18 Å². The van der Waals surface area contributed by atoms with Crippen molar-refractivity contribution in [2.45, 2.75) is 44.7 Å². The van der Waals surface area contributed by atoms with Crippen LogP contribution < -0.4 is 15.8 Å². The number of ether oxygens (including phenoxy) is 1. The number of hydrogen-bond acceptors (Lipinski definition) is 3. The van der Waals surface area contributed by atoms with E-state index in [1.165, 1.54) is 0 Å². The highest BCUT2D eigenvalue weighted by molar-refractivity contribution is 5.94. The van der Waals surface area contributed by atoms with Gasteiger partial charge in [0.05, 0.1) is 6.33 Å². The van der Waals surface area contributed by atoms with Crippen LogP contribution in [0.4, 0.5) is 4.39 Å². The lowest BCUT2D eigenvalue weighted by atomic mass is 10.1. The van der Waals surface area contributed by atoms with Crippen LogP contribution in [0.3, 0.4) is 0 Å². The second-order valence-corrected chi connectivity index (χ2v) is 6.81. The summed E-state index contributed by atoms with van der Waals surface area (Å²) < 4.78 is 18.4. The Morgan fingerprint density at radius 2 is 1.91 bits per heavy atom. The third kappa shape index (κ3) is 5.52. The second-order valence-electron chi connectivity index (χ2n) is 6.81. The molecule has 1 aromatic rings. The van der Waals surface area contributed by atoms with Crippen LogP contribution in [-0.4, -0.2) is 23.6 Å². The van der Waals surface area contributed by atoms with Gasteiger partial charge in [-0.15, -0.1) is 12.4 Å². The maximum atomic E-state index is 12.8. The molecule has 3 N–H and O–H groups in total. The summed E-state index contributed by atoms with van der Waals surface area (Å²) in [7, 11) is 0. The van der Waals surface area contributed by atoms with Gasteiger partial charge in [-0.25, -0.2) is 4.39 Å². The first kappa shape index (κ1) is 19.5. The van der Waals surface area contributed by atoms with Gasteiger partial charge < -0.3 is 15.8 Å². The number of nitrogens with two attached hydrogens (primary N) is 1. The summed E-state index contributed by atoms with van der Waals surface area (Å²) in [6, 6.07) is 6.77. The molecule has 0 atom stereocenters. The first-order chi connectivity index (χ1) is 10.2. The molecule has 1 fully saturated rings. The molecule has 1 aliphatic rings. The molecule has 1 saturated carbocycles. The molecule has 1 aliphatic carbocycles. The molecule has 0 aromatic heterocycles. The van der Waals surface area contributed by atoms with Crippen molar-refractivity contribution in [3.8, 4) is 5.75 Å². The molecule has 1 amide bonds. The lowest BCUT2D eigenvalue weighted by Crippen LogP contribution is -2.40. The molecular weight excluding hydrogens is 319 g/mol. The van der Waals surface area contributed by atoms with Crippen LogP contribution in [0.25, 0.3) is 0 Å². The van der Waals surface area contributed by atoms with E-state index in [-0.39, 0.29) is 30.5 Å². The van der Waals surface area contributed by atoms with Crippen LogP contribution >= 0.6 is 12.4 Å². The largest absolute Gasteiger partial charge is 0.489 e. The fourth-order valence-corrected chi connectivity index (χ4v) is 2.02. The van der Waals surface area contributed by atoms with Crippen LogP contribution in [0, 0.1) is 0 Å². The van der Waals surface area contributed by atoms with E-state index in [4.69, 9.17) is 10.5 Å². The van der Waals surface area contributed by atoms with Gasteiger partial charge in [-0.3, -0.25) is 4.79 Å². The number of carbonyl (C=O) groups is 1. The third-order valence-electron chi connectivity index (χ3n) is 3.56. The first-order valence-corrected chi connectivity index (χ1v) is 7.37. The summed E-state index contributed by atoms with van der Waals surface area (Å²) in [5.41, 5.74) is 6.17. The van der Waals surface area contributed by atoms with Gasteiger partial charge in [0.25, 0.3) is 5.91 Å². The zero-order chi connectivity index (χ0) is 16.4. The highest BCUT2D eigenvalue weighted by Gasteiger charge is 2.42. The van der Waals surface area contributed by atoms with Crippen molar-refractivity contribution < 1.29 is 13.9 Å². The normalized spacial score (nSPS) is 16.3. The van der Waals surface area contributed by atoms with Crippen LogP contribution in [0.5, 0.6) is 5.75 Å². The average molecular weight is 343 g/mol. The van der Waals surface area contributed by atoms with E-state index in [1.807, 2.05) is 20.8 Å². The Morgan fingerprint density at radius 1 is 1.35 bits per heavy atom. The zero-order valence-electron chi connectivity index (χ0n) is 13.7. The van der Waals surface area contributed by atoms with Crippen molar-refractivity contribution in [3.05, 3.63) is 41.7 Å². The molecule has 1 aromatic carbocycles. The number of nitrogens with one attached hydrogen (secondary N) is 1. The van der Waals surface area contributed by atoms with Gasteiger partial charge in [0, 0.05) is 22.2 Å². The zero-order valence-corrected chi connectivity index (χ0v) is 14.5. The van der Waals surface area contributed by atoms with Gasteiger partial charge in [0.1, 0.15) is 12.4 Å². The highest BCUT2D eigenvalue weighted by Crippen LogP contribution is 2.39. The van der Waals surface area contributed by atoms with Gasteiger partial charge in [-0.05, 0) is 57.9 Å². The standard InChI is InChI=1S/C17H23FN2O2.ClH/c1-16(2,3)20-15(21)12-4-6-14(7-5-12)22-11-13(10-18)17(19)8-9-17;/h4-7,10H,8-9,11,19H2,1-3H3,(H,20,21);1H/b13-10-;. The van der Waals surface area contributed by atoms with Gasteiger partial charge >= 0.3 is 0 Å². The van der Waals surface area contributed by atoms with Crippen molar-refractivity contribution in [2.75, 3.05) is 6.61 Å². The molecule has 0 bridgehead atoms. The van der Waals surface area contributed by atoms with E-state index in [2.05, 4.69) is 5.32 Å². The van der Waals surface area contributed by atoms with Crippen molar-refractivity contribution in [2.24, 2.45) is 5.73 Å². The quantitative estimate of drug-likeness (QED) is 0.862. The number of carbonyl (C=O) groups excluding carboxylic acids is 1. The van der Waals surface area contributed by atoms with Crippen molar-refractivity contribution in [3.63, 3.8) is 0 Å². The Labute approximate surface area is 142 Å². The SMILES string of the molecule is CC(C)(C)NC(=O)c1ccc(OC/C(=C/F)C2(N)CC2)cc1.Cl. The predicted octanol–water partition coefficient (Wildman–Crippen LogP) is 3.36. The molecule has 0 saturated heterocycles. The Kier molecular flexibility index (Phi) is 6.19. The van der Waals surface area contributed by atoms with E-state index in [0.717, 1.165) is 12.8 Å². The van der Waals surface area contributed by atoms with E-state index in [0.29, 0.717) is 23.2 Å². The fraction of sp³-hybridized carbons (Fsp3) is 0.471. The van der Waals surface area contributed by atoms with E-state index >= 15 is 0 Å². The maximum absolute atomic E-state index is 12.8. The molecular formula is C17H24ClFN2O2. The number of rotatable bonds is 5. The molecule has 0 aliphatic heterocycles. The van der Waals surface area contributed by atoms with Crippen molar-refractivity contribution in [1.82, 2.24) is 5.32 Å². The molecule has 128 valence electrons. The lowest BCUT2D eigenvalue weighted by Gasteiger charge is -2.20. The third-order valence-corrected chi connectivity index (χ3v) is 3.56. The minimum absolute atomic E-state index is 0. The second kappa shape index (κ2) is 7.32. The summed E-state index contributed by atoms with van der Waals surface area (Å²) in [6.07, 6.45) is 2.12. The summed E-state index contributed by atoms with van der Waals surface area (Å²) in [6.45, 7) is 5.90. The molecule has 0 radical (unpaired) electrons. The molecule has 6 heteroatoms. The number of halogens is 2. The van der Waals surface area contributed by atoms with Crippen molar-refractivity contribution >= 4 is 18.3 Å². The number of benzene rings is 1. The van der Waals surface area contributed by atoms with Crippen LogP contribution in [0.2, 0.25) is 0 Å². The van der Waals surface area contributed by atoms with Crippen LogP contribution in [0.1, 0.15) is 44.0 Å². The van der Waals surface area contributed by atoms with Gasteiger partial charge in [-0.1, -0.05) is 0 Å². The molecule has 0 unspecified atom stereocenters. The Morgan fingerprint density at radius 3 is 2.35 bits per heavy atom. The van der Waals surface area contributed by atoms with E-state index < -0.39 is 5.54 Å². The summed E-state index contributed by atoms with van der Waals surface area (Å²) in [5, 5.41) is 2.89. The number of amides is 1. The Hall–Kier alpha value is -1.59. The van der Waals surface area contributed by atoms with Gasteiger partial charge in [-0.2, -0.15) is 0 Å². The smallest absolute Gasteiger partial charge is 0.251 e. The molecule has 0 spiro atoms. The summed E-state index contributed by atoms with van der Waals surface area (Å²) in [4.78, 5) is 12.0. The van der Waals surface area contributed by atoms with Crippen LogP contribution in [-0.2, 0) is 0 Å². The van der Waals surface area contributed by atoms with Crippen LogP contribution in [0.15, 0.2) is 36.2 Å². The van der Waals surface area contributed by atoms with Gasteiger partial charge in [0.2, 0.25) is 0 Å². The summed E-state index contributed by atoms with van der Waals surface area (Å²) in [5.74, 6) is 0.443. The minimum atomic E-state index is -0.527. The molecule has 2 rings (SSSR count). The fourth-order valence-electron chi connectivity index (χ4n) is 2.02. The molecule has 4 nitrogen and oxygen atoms in total. The number of hydrogen-bond donors (Lipinski definition) is 2. The van der Waals surface area contributed by atoms with Crippen molar-refractivity contribution in [1.29, 1.82) is 0 Å². The van der Waals surface area contributed by atoms with E-state index in [1.54, 1.807) is 24.3 Å². The average Bonchev–Trinajstić information content (AvgIpc) is 3.17. The Balaban J connectivity index is 0.00000264. The topological polar surface area (TPSA) is 64.3 Å².